The fourth-order valence-corrected chi connectivity index (χ4v) is 3.38. The summed E-state index contributed by atoms with van der Waals surface area (Å²) in [4.78, 5) is 15.1. The highest BCUT2D eigenvalue weighted by Crippen LogP contribution is 2.23. The van der Waals surface area contributed by atoms with Crippen molar-refractivity contribution in [2.45, 2.75) is 33.2 Å². The molecule has 2 aromatic carbocycles. The number of aryl methyl sites for hydroxylation is 1. The van der Waals surface area contributed by atoms with Crippen molar-refractivity contribution in [1.82, 2.24) is 4.90 Å². The van der Waals surface area contributed by atoms with E-state index in [1.807, 2.05) is 18.2 Å². The first kappa shape index (κ1) is 16.7. The molecule has 1 fully saturated rings. The molecule has 3 rings (SSSR count). The third kappa shape index (κ3) is 4.04. The first-order chi connectivity index (χ1) is 11.6. The Labute approximate surface area is 144 Å². The van der Waals surface area contributed by atoms with Crippen LogP contribution in [-0.4, -0.2) is 23.9 Å². The molecule has 1 amide bonds. The zero-order valence-corrected chi connectivity index (χ0v) is 14.6. The van der Waals surface area contributed by atoms with Gasteiger partial charge in [-0.25, -0.2) is 0 Å². The average molecular weight is 322 g/mol. The van der Waals surface area contributed by atoms with Gasteiger partial charge in [0.05, 0.1) is 5.92 Å². The number of carbonyl (C=O) groups excluding carboxylic acids is 1. The summed E-state index contributed by atoms with van der Waals surface area (Å²) in [7, 11) is 0. The van der Waals surface area contributed by atoms with Gasteiger partial charge in [0.25, 0.3) is 0 Å². The number of nitrogens with zero attached hydrogens (tertiary/aromatic N) is 1. The maximum absolute atomic E-state index is 12.7. The summed E-state index contributed by atoms with van der Waals surface area (Å²) in [5, 5.41) is 3.14. The molecule has 3 heteroatoms. The first-order valence-electron chi connectivity index (χ1n) is 8.77. The first-order valence-corrected chi connectivity index (χ1v) is 8.77. The Morgan fingerprint density at radius 1 is 1.12 bits per heavy atom. The van der Waals surface area contributed by atoms with Crippen LogP contribution in [0.2, 0.25) is 0 Å². The number of piperidine rings is 1. The van der Waals surface area contributed by atoms with Crippen molar-refractivity contribution >= 4 is 11.6 Å². The van der Waals surface area contributed by atoms with E-state index in [1.54, 1.807) is 0 Å². The number of hydrogen-bond donors (Lipinski definition) is 1. The maximum atomic E-state index is 12.7. The smallest absolute Gasteiger partial charge is 0.228 e. The van der Waals surface area contributed by atoms with Crippen molar-refractivity contribution < 1.29 is 4.79 Å². The maximum Gasteiger partial charge on any atom is 0.228 e. The molecule has 0 aromatic heterocycles. The van der Waals surface area contributed by atoms with Gasteiger partial charge in [-0.15, -0.1) is 0 Å². The topological polar surface area (TPSA) is 32.3 Å². The molecule has 126 valence electrons. The number of rotatable bonds is 4. The number of carbonyl (C=O) groups is 1. The van der Waals surface area contributed by atoms with Gasteiger partial charge in [-0.2, -0.15) is 0 Å². The van der Waals surface area contributed by atoms with Gasteiger partial charge < -0.3 is 5.32 Å². The molecule has 0 bridgehead atoms. The van der Waals surface area contributed by atoms with Gasteiger partial charge in [0.15, 0.2) is 0 Å². The highest BCUT2D eigenvalue weighted by atomic mass is 16.1. The van der Waals surface area contributed by atoms with E-state index in [0.29, 0.717) is 0 Å². The van der Waals surface area contributed by atoms with Crippen LogP contribution >= 0.6 is 0 Å². The van der Waals surface area contributed by atoms with Crippen LogP contribution in [0.15, 0.2) is 48.5 Å². The number of hydrogen-bond acceptors (Lipinski definition) is 2. The molecule has 1 N–H and O–H groups in total. The fraction of sp³-hybridized carbons (Fsp3) is 0.381. The van der Waals surface area contributed by atoms with Crippen molar-refractivity contribution in [2.24, 2.45) is 5.92 Å². The van der Waals surface area contributed by atoms with Crippen molar-refractivity contribution in [2.75, 3.05) is 18.4 Å². The molecule has 1 aliphatic rings. The quantitative estimate of drug-likeness (QED) is 0.917. The molecule has 24 heavy (non-hydrogen) atoms. The Kier molecular flexibility index (Phi) is 5.31. The van der Waals surface area contributed by atoms with E-state index in [-0.39, 0.29) is 11.8 Å². The highest BCUT2D eigenvalue weighted by molar-refractivity contribution is 5.93. The molecular weight excluding hydrogens is 296 g/mol. The molecule has 1 saturated heterocycles. The summed E-state index contributed by atoms with van der Waals surface area (Å²) >= 11 is 0. The summed E-state index contributed by atoms with van der Waals surface area (Å²) in [6.07, 6.45) is 2.06. The van der Waals surface area contributed by atoms with Crippen LogP contribution in [0.3, 0.4) is 0 Å². The molecular formula is C21H26N2O. The number of nitrogens with one attached hydrogen (secondary N) is 1. The highest BCUT2D eigenvalue weighted by Gasteiger charge is 2.26. The minimum Gasteiger partial charge on any atom is -0.326 e. The Bertz CT molecular complexity index is 696. The minimum absolute atomic E-state index is 0.0716. The van der Waals surface area contributed by atoms with E-state index in [4.69, 9.17) is 0 Å². The molecule has 0 saturated carbocycles. The Morgan fingerprint density at radius 3 is 2.71 bits per heavy atom. The van der Waals surface area contributed by atoms with E-state index in [9.17, 15) is 4.79 Å². The minimum atomic E-state index is 0.0716. The third-order valence-electron chi connectivity index (χ3n) is 4.99. The van der Waals surface area contributed by atoms with Crippen LogP contribution in [0, 0.1) is 19.8 Å². The molecule has 2 aromatic rings. The Hall–Kier alpha value is -2.13. The lowest BCUT2D eigenvalue weighted by Crippen LogP contribution is -2.40. The Balaban J connectivity index is 1.61. The van der Waals surface area contributed by atoms with Gasteiger partial charge in [0, 0.05) is 18.8 Å². The van der Waals surface area contributed by atoms with E-state index in [0.717, 1.165) is 43.7 Å². The molecule has 1 aliphatic heterocycles. The second kappa shape index (κ2) is 7.63. The zero-order valence-electron chi connectivity index (χ0n) is 14.6. The van der Waals surface area contributed by atoms with Crippen LogP contribution in [0.5, 0.6) is 0 Å². The van der Waals surface area contributed by atoms with Gasteiger partial charge in [-0.3, -0.25) is 9.69 Å². The van der Waals surface area contributed by atoms with Gasteiger partial charge in [0.1, 0.15) is 0 Å². The average Bonchev–Trinajstić information content (AvgIpc) is 2.60. The molecule has 0 unspecified atom stereocenters. The van der Waals surface area contributed by atoms with E-state index >= 15 is 0 Å². The third-order valence-corrected chi connectivity index (χ3v) is 4.99. The summed E-state index contributed by atoms with van der Waals surface area (Å²) in [6.45, 7) is 6.97. The fourth-order valence-electron chi connectivity index (χ4n) is 3.38. The van der Waals surface area contributed by atoms with E-state index in [1.165, 1.54) is 11.1 Å². The van der Waals surface area contributed by atoms with Crippen LogP contribution < -0.4 is 5.32 Å². The standard InChI is InChI=1S/C21H26N2O/c1-16-8-6-12-20(17(16)2)22-21(24)19-11-7-13-23(15-19)14-18-9-4-3-5-10-18/h3-6,8-10,12,19H,7,11,13-15H2,1-2H3,(H,22,24)/t19-/m1/s1. The second-order valence-electron chi connectivity index (χ2n) is 6.80. The van der Waals surface area contributed by atoms with Crippen molar-refractivity contribution in [3.05, 3.63) is 65.2 Å². The van der Waals surface area contributed by atoms with Crippen LogP contribution in [-0.2, 0) is 11.3 Å². The van der Waals surface area contributed by atoms with Crippen LogP contribution in [0.25, 0.3) is 0 Å². The summed E-state index contributed by atoms with van der Waals surface area (Å²) in [6, 6.07) is 16.6. The molecule has 1 heterocycles. The van der Waals surface area contributed by atoms with Crippen molar-refractivity contribution in [1.29, 1.82) is 0 Å². The number of amides is 1. The van der Waals surface area contributed by atoms with Gasteiger partial charge >= 0.3 is 0 Å². The summed E-state index contributed by atoms with van der Waals surface area (Å²) in [5.41, 5.74) is 4.62. The summed E-state index contributed by atoms with van der Waals surface area (Å²) in [5.74, 6) is 0.226. The molecule has 3 nitrogen and oxygen atoms in total. The number of anilines is 1. The van der Waals surface area contributed by atoms with Crippen molar-refractivity contribution in [3.8, 4) is 0 Å². The van der Waals surface area contributed by atoms with E-state index < -0.39 is 0 Å². The zero-order chi connectivity index (χ0) is 16.9. The van der Waals surface area contributed by atoms with Gasteiger partial charge in [0.2, 0.25) is 5.91 Å². The second-order valence-corrected chi connectivity index (χ2v) is 6.80. The summed E-state index contributed by atoms with van der Waals surface area (Å²) < 4.78 is 0. The van der Waals surface area contributed by atoms with Gasteiger partial charge in [-0.1, -0.05) is 42.5 Å². The predicted octanol–water partition coefficient (Wildman–Crippen LogP) is 4.15. The van der Waals surface area contributed by atoms with Gasteiger partial charge in [-0.05, 0) is 56.0 Å². The normalized spacial score (nSPS) is 18.3. The molecule has 1 atom stereocenters. The van der Waals surface area contributed by atoms with E-state index in [2.05, 4.69) is 54.4 Å². The lowest BCUT2D eigenvalue weighted by Gasteiger charge is -2.32. The lowest BCUT2D eigenvalue weighted by molar-refractivity contribution is -0.121. The van der Waals surface area contributed by atoms with Crippen molar-refractivity contribution in [3.63, 3.8) is 0 Å². The monoisotopic (exact) mass is 322 g/mol. The van der Waals surface area contributed by atoms with Crippen LogP contribution in [0.4, 0.5) is 5.69 Å². The predicted molar refractivity (Wildman–Crippen MR) is 99.0 cm³/mol. The lowest BCUT2D eigenvalue weighted by atomic mass is 9.96. The molecule has 0 radical (unpaired) electrons. The number of likely N-dealkylation sites (tertiary alicyclic amines) is 1. The number of benzene rings is 2. The Morgan fingerprint density at radius 2 is 1.92 bits per heavy atom. The molecule has 0 aliphatic carbocycles. The molecule has 0 spiro atoms. The van der Waals surface area contributed by atoms with Crippen LogP contribution in [0.1, 0.15) is 29.5 Å². The largest absolute Gasteiger partial charge is 0.326 e. The SMILES string of the molecule is Cc1cccc(NC(=O)[C@@H]2CCCN(Cc3ccccc3)C2)c1C.